The normalized spacial score (nSPS) is 14.2. The number of anilines is 1. The zero-order chi connectivity index (χ0) is 22.8. The van der Waals surface area contributed by atoms with Gasteiger partial charge < -0.3 is 9.73 Å². The summed E-state index contributed by atoms with van der Waals surface area (Å²) in [6.45, 7) is 3.72. The number of rotatable bonds is 4. The number of hydrazone groups is 1. The third-order valence-corrected chi connectivity index (χ3v) is 5.70. The summed E-state index contributed by atoms with van der Waals surface area (Å²) in [4.78, 5) is 29.5. The number of aryl methyl sites for hydroxylation is 2. The average Bonchev–Trinajstić information content (AvgIpc) is 3.11. The molecule has 0 radical (unpaired) electrons. The summed E-state index contributed by atoms with van der Waals surface area (Å²) in [5.74, 6) is 0.489. The van der Waals surface area contributed by atoms with Crippen molar-refractivity contribution in [1.82, 2.24) is 10.4 Å². The molecule has 0 fully saturated rings. The molecule has 164 valence electrons. The fourth-order valence-corrected chi connectivity index (χ4v) is 4.06. The van der Waals surface area contributed by atoms with E-state index in [1.807, 2.05) is 13.0 Å². The molecule has 2 amide bonds. The van der Waals surface area contributed by atoms with E-state index in [1.165, 1.54) is 12.1 Å². The van der Waals surface area contributed by atoms with Crippen LogP contribution in [0.1, 0.15) is 56.2 Å². The minimum Gasteiger partial charge on any atom is -0.455 e. The average molecular weight is 471 g/mol. The Morgan fingerprint density at radius 2 is 1.91 bits per heavy atom. The largest absolute Gasteiger partial charge is 0.455 e. The monoisotopic (exact) mass is 470 g/mol. The van der Waals surface area contributed by atoms with E-state index in [4.69, 9.17) is 27.6 Å². The van der Waals surface area contributed by atoms with Crippen molar-refractivity contribution in [1.29, 1.82) is 0 Å². The molecule has 0 aliphatic heterocycles. The zero-order valence-electron chi connectivity index (χ0n) is 17.5. The molecule has 1 aromatic carbocycles. The van der Waals surface area contributed by atoms with E-state index in [1.54, 1.807) is 25.3 Å². The SMILES string of the molecule is Cc1ccc(NC(=O)c2oc3c(c2C)/C(=N/NC(=O)c2ccc(Cl)cc2Cl)CCC3)nc1. The van der Waals surface area contributed by atoms with Crippen molar-refractivity contribution in [2.24, 2.45) is 5.10 Å². The van der Waals surface area contributed by atoms with Gasteiger partial charge in [0.1, 0.15) is 11.6 Å². The molecule has 0 saturated carbocycles. The van der Waals surface area contributed by atoms with Gasteiger partial charge in [0.05, 0.1) is 16.3 Å². The highest BCUT2D eigenvalue weighted by atomic mass is 35.5. The summed E-state index contributed by atoms with van der Waals surface area (Å²) in [6.07, 6.45) is 3.79. The van der Waals surface area contributed by atoms with Gasteiger partial charge in [0, 0.05) is 28.8 Å². The molecule has 0 bridgehead atoms. The summed E-state index contributed by atoms with van der Waals surface area (Å²) in [5, 5.41) is 7.75. The number of aromatic nitrogens is 1. The highest BCUT2D eigenvalue weighted by molar-refractivity contribution is 6.36. The minimum absolute atomic E-state index is 0.207. The zero-order valence-corrected chi connectivity index (χ0v) is 19.0. The van der Waals surface area contributed by atoms with Crippen LogP contribution in [-0.4, -0.2) is 22.5 Å². The van der Waals surface area contributed by atoms with Gasteiger partial charge in [-0.25, -0.2) is 10.4 Å². The van der Waals surface area contributed by atoms with Gasteiger partial charge in [0.2, 0.25) is 0 Å². The van der Waals surface area contributed by atoms with Crippen LogP contribution in [0.5, 0.6) is 0 Å². The lowest BCUT2D eigenvalue weighted by Crippen LogP contribution is -2.22. The van der Waals surface area contributed by atoms with Gasteiger partial charge in [-0.3, -0.25) is 9.59 Å². The Morgan fingerprint density at radius 1 is 1.09 bits per heavy atom. The molecule has 7 nitrogen and oxygen atoms in total. The van der Waals surface area contributed by atoms with E-state index < -0.39 is 5.91 Å². The van der Waals surface area contributed by atoms with Crippen LogP contribution in [0, 0.1) is 13.8 Å². The molecule has 9 heteroatoms. The molecule has 4 rings (SSSR count). The van der Waals surface area contributed by atoms with Crippen LogP contribution in [0.3, 0.4) is 0 Å². The number of pyridine rings is 1. The lowest BCUT2D eigenvalue weighted by Gasteiger charge is -2.13. The van der Waals surface area contributed by atoms with Crippen LogP contribution in [0.15, 0.2) is 46.0 Å². The Morgan fingerprint density at radius 3 is 2.62 bits per heavy atom. The predicted octanol–water partition coefficient (Wildman–Crippen LogP) is 5.32. The smallest absolute Gasteiger partial charge is 0.292 e. The molecule has 2 heterocycles. The number of nitrogens with one attached hydrogen (secondary N) is 2. The molecule has 0 saturated heterocycles. The van der Waals surface area contributed by atoms with Gasteiger partial charge in [-0.05, 0) is 56.5 Å². The molecular formula is C23H20Cl2N4O3. The predicted molar refractivity (Wildman–Crippen MR) is 124 cm³/mol. The molecule has 32 heavy (non-hydrogen) atoms. The number of carbonyl (C=O) groups is 2. The summed E-state index contributed by atoms with van der Waals surface area (Å²) < 4.78 is 5.88. The third kappa shape index (κ3) is 4.54. The lowest BCUT2D eigenvalue weighted by molar-refractivity contribution is 0.0953. The maximum Gasteiger partial charge on any atom is 0.292 e. The van der Waals surface area contributed by atoms with Crippen molar-refractivity contribution in [3.05, 3.63) is 80.3 Å². The van der Waals surface area contributed by atoms with E-state index in [0.717, 1.165) is 17.5 Å². The minimum atomic E-state index is -0.448. The van der Waals surface area contributed by atoms with Crippen molar-refractivity contribution < 1.29 is 14.0 Å². The first kappa shape index (κ1) is 22.0. The lowest BCUT2D eigenvalue weighted by atomic mass is 9.93. The van der Waals surface area contributed by atoms with Crippen LogP contribution in [-0.2, 0) is 6.42 Å². The number of carbonyl (C=O) groups excluding carboxylic acids is 2. The van der Waals surface area contributed by atoms with E-state index in [-0.39, 0.29) is 22.3 Å². The second kappa shape index (κ2) is 9.14. The van der Waals surface area contributed by atoms with Crippen LogP contribution in [0.25, 0.3) is 0 Å². The van der Waals surface area contributed by atoms with Crippen LogP contribution >= 0.6 is 23.2 Å². The number of benzene rings is 1. The van der Waals surface area contributed by atoms with Crippen molar-refractivity contribution in [2.45, 2.75) is 33.1 Å². The Balaban J connectivity index is 1.56. The first-order chi connectivity index (χ1) is 15.3. The fraction of sp³-hybridized carbons (Fsp3) is 0.217. The molecular weight excluding hydrogens is 451 g/mol. The Kier molecular flexibility index (Phi) is 6.30. The summed E-state index contributed by atoms with van der Waals surface area (Å²) in [5.41, 5.74) is 5.89. The summed E-state index contributed by atoms with van der Waals surface area (Å²) >= 11 is 12.0. The Hall–Kier alpha value is -3.16. The number of furan rings is 1. The summed E-state index contributed by atoms with van der Waals surface area (Å²) in [7, 11) is 0. The van der Waals surface area contributed by atoms with Gasteiger partial charge in [0.15, 0.2) is 5.76 Å². The molecule has 0 spiro atoms. The Bertz CT molecular complexity index is 1230. The van der Waals surface area contributed by atoms with Crippen molar-refractivity contribution in [3.63, 3.8) is 0 Å². The van der Waals surface area contributed by atoms with E-state index in [9.17, 15) is 9.59 Å². The van der Waals surface area contributed by atoms with E-state index in [0.29, 0.717) is 40.7 Å². The number of halogens is 2. The molecule has 0 unspecified atom stereocenters. The molecule has 1 aliphatic carbocycles. The topological polar surface area (TPSA) is 96.6 Å². The van der Waals surface area contributed by atoms with Crippen molar-refractivity contribution >= 4 is 46.5 Å². The summed E-state index contributed by atoms with van der Waals surface area (Å²) in [6, 6.07) is 8.22. The second-order valence-electron chi connectivity index (χ2n) is 7.51. The maximum absolute atomic E-state index is 12.8. The van der Waals surface area contributed by atoms with Gasteiger partial charge in [-0.1, -0.05) is 29.3 Å². The second-order valence-corrected chi connectivity index (χ2v) is 8.35. The first-order valence-electron chi connectivity index (χ1n) is 10.0. The molecule has 3 aromatic rings. The number of fused-ring (bicyclic) bond motifs is 1. The number of amides is 2. The number of nitrogens with zero attached hydrogens (tertiary/aromatic N) is 2. The highest BCUT2D eigenvalue weighted by Gasteiger charge is 2.28. The fourth-order valence-electron chi connectivity index (χ4n) is 3.56. The van der Waals surface area contributed by atoms with Gasteiger partial charge in [-0.15, -0.1) is 0 Å². The van der Waals surface area contributed by atoms with Gasteiger partial charge in [-0.2, -0.15) is 5.10 Å². The van der Waals surface area contributed by atoms with Gasteiger partial charge in [0.25, 0.3) is 11.8 Å². The standard InChI is InChI=1S/C23H20Cl2N4O3/c1-12-6-9-19(26-11-12)27-23(31)21-13(2)20-17(4-3-5-18(20)32-21)28-29-22(30)15-8-7-14(24)10-16(15)25/h6-11H,3-5H2,1-2H3,(H,29,30)(H,26,27,31)/b28-17+. The number of hydrogen-bond donors (Lipinski definition) is 2. The van der Waals surface area contributed by atoms with E-state index >= 15 is 0 Å². The quantitative estimate of drug-likeness (QED) is 0.504. The van der Waals surface area contributed by atoms with E-state index in [2.05, 4.69) is 20.8 Å². The van der Waals surface area contributed by atoms with Gasteiger partial charge >= 0.3 is 0 Å². The maximum atomic E-state index is 12.8. The third-order valence-electron chi connectivity index (χ3n) is 5.15. The molecule has 0 atom stereocenters. The highest BCUT2D eigenvalue weighted by Crippen LogP contribution is 2.30. The van der Waals surface area contributed by atoms with Crippen molar-refractivity contribution in [2.75, 3.05) is 5.32 Å². The number of hydrogen-bond acceptors (Lipinski definition) is 5. The molecule has 1 aliphatic rings. The van der Waals surface area contributed by atoms with Crippen LogP contribution < -0.4 is 10.7 Å². The van der Waals surface area contributed by atoms with Crippen LogP contribution in [0.2, 0.25) is 10.0 Å². The molecule has 2 aromatic heterocycles. The van der Waals surface area contributed by atoms with Crippen LogP contribution in [0.4, 0.5) is 5.82 Å². The van der Waals surface area contributed by atoms with Crippen molar-refractivity contribution in [3.8, 4) is 0 Å². The first-order valence-corrected chi connectivity index (χ1v) is 10.8. The molecule has 2 N–H and O–H groups in total. The Labute approximate surface area is 194 Å².